The molecular formula is C15H16F2N2O2. The second-order valence-corrected chi connectivity index (χ2v) is 5.57. The summed E-state index contributed by atoms with van der Waals surface area (Å²) >= 11 is 0. The quantitative estimate of drug-likeness (QED) is 0.833. The summed E-state index contributed by atoms with van der Waals surface area (Å²) in [5.74, 6) is -1.42. The Balaban J connectivity index is 1.88. The fraction of sp³-hybridized carbons (Fsp3) is 0.467. The molecule has 0 aliphatic carbocycles. The second-order valence-electron chi connectivity index (χ2n) is 5.57. The van der Waals surface area contributed by atoms with Crippen molar-refractivity contribution < 1.29 is 18.4 Å². The summed E-state index contributed by atoms with van der Waals surface area (Å²) in [6.45, 7) is 2.15. The SMILES string of the molecule is C[C@H]1C(=O)N2CCC[C@H]2C(=O)N1Cc1cc(F)ccc1F. The van der Waals surface area contributed by atoms with Gasteiger partial charge >= 0.3 is 0 Å². The number of carbonyl (C=O) groups is 2. The van der Waals surface area contributed by atoms with Crippen LogP contribution in [0.15, 0.2) is 18.2 Å². The van der Waals surface area contributed by atoms with Crippen LogP contribution in [0.1, 0.15) is 25.3 Å². The van der Waals surface area contributed by atoms with Crippen molar-refractivity contribution in [1.29, 1.82) is 0 Å². The van der Waals surface area contributed by atoms with Crippen molar-refractivity contribution in [3.63, 3.8) is 0 Å². The van der Waals surface area contributed by atoms with Crippen LogP contribution in [0.2, 0.25) is 0 Å². The largest absolute Gasteiger partial charge is 0.329 e. The van der Waals surface area contributed by atoms with Crippen LogP contribution >= 0.6 is 0 Å². The Morgan fingerprint density at radius 1 is 1.24 bits per heavy atom. The number of benzene rings is 1. The number of hydrogen-bond acceptors (Lipinski definition) is 2. The van der Waals surface area contributed by atoms with E-state index in [4.69, 9.17) is 0 Å². The number of hydrogen-bond donors (Lipinski definition) is 0. The predicted molar refractivity (Wildman–Crippen MR) is 71.1 cm³/mol. The van der Waals surface area contributed by atoms with Crippen molar-refractivity contribution in [2.24, 2.45) is 0 Å². The van der Waals surface area contributed by atoms with Crippen LogP contribution in [0.25, 0.3) is 0 Å². The molecule has 2 saturated heterocycles. The van der Waals surface area contributed by atoms with Gasteiger partial charge in [0.25, 0.3) is 0 Å². The van der Waals surface area contributed by atoms with Gasteiger partial charge in [0.2, 0.25) is 11.8 Å². The van der Waals surface area contributed by atoms with Gasteiger partial charge < -0.3 is 9.80 Å². The molecule has 3 rings (SSSR count). The molecule has 21 heavy (non-hydrogen) atoms. The first-order chi connectivity index (χ1) is 9.99. The van der Waals surface area contributed by atoms with Gasteiger partial charge in [-0.3, -0.25) is 9.59 Å². The Bertz CT molecular complexity index is 605. The highest BCUT2D eigenvalue weighted by atomic mass is 19.1. The number of halogens is 2. The lowest BCUT2D eigenvalue weighted by Gasteiger charge is -2.41. The molecule has 2 atom stereocenters. The van der Waals surface area contributed by atoms with Gasteiger partial charge in [-0.15, -0.1) is 0 Å². The zero-order valence-corrected chi connectivity index (χ0v) is 11.7. The Kier molecular flexibility index (Phi) is 3.39. The minimum atomic E-state index is -0.644. The van der Waals surface area contributed by atoms with Crippen molar-refractivity contribution in [1.82, 2.24) is 9.80 Å². The van der Waals surface area contributed by atoms with Crippen molar-refractivity contribution in [3.05, 3.63) is 35.4 Å². The lowest BCUT2D eigenvalue weighted by molar-refractivity contribution is -0.159. The van der Waals surface area contributed by atoms with E-state index in [1.807, 2.05) is 0 Å². The van der Waals surface area contributed by atoms with Gasteiger partial charge in [0.1, 0.15) is 23.7 Å². The maximum atomic E-state index is 13.7. The van der Waals surface area contributed by atoms with Gasteiger partial charge in [-0.25, -0.2) is 8.78 Å². The smallest absolute Gasteiger partial charge is 0.246 e. The Hall–Kier alpha value is -1.98. The van der Waals surface area contributed by atoms with Crippen LogP contribution in [0, 0.1) is 11.6 Å². The summed E-state index contributed by atoms with van der Waals surface area (Å²) in [5, 5.41) is 0. The molecule has 2 heterocycles. The van der Waals surface area contributed by atoms with Crippen molar-refractivity contribution in [2.45, 2.75) is 38.4 Å². The summed E-state index contributed by atoms with van der Waals surface area (Å²) < 4.78 is 27.0. The standard InChI is InChI=1S/C15H16F2N2O2/c1-9-14(20)18-6-2-3-13(18)15(21)19(9)8-10-7-11(16)4-5-12(10)17/h4-5,7,9,13H,2-3,6,8H2,1H3/t9-,13-/m0/s1. The third-order valence-corrected chi connectivity index (χ3v) is 4.28. The molecule has 0 bridgehead atoms. The van der Waals surface area contributed by atoms with Gasteiger partial charge in [0, 0.05) is 18.7 Å². The first-order valence-corrected chi connectivity index (χ1v) is 7.04. The molecule has 2 fully saturated rings. The molecule has 0 aromatic heterocycles. The molecule has 1 aromatic rings. The lowest BCUT2D eigenvalue weighted by Crippen LogP contribution is -2.61. The van der Waals surface area contributed by atoms with Crippen molar-refractivity contribution in [2.75, 3.05) is 6.54 Å². The van der Waals surface area contributed by atoms with Crippen LogP contribution in [-0.2, 0) is 16.1 Å². The first kappa shape index (κ1) is 14.0. The van der Waals surface area contributed by atoms with Gasteiger partial charge in [0.05, 0.1) is 0 Å². The van der Waals surface area contributed by atoms with Gasteiger partial charge in [-0.05, 0) is 38.0 Å². The van der Waals surface area contributed by atoms with Crippen molar-refractivity contribution in [3.8, 4) is 0 Å². The zero-order chi connectivity index (χ0) is 15.1. The van der Waals surface area contributed by atoms with E-state index in [1.165, 1.54) is 4.90 Å². The van der Waals surface area contributed by atoms with Crippen LogP contribution < -0.4 is 0 Å². The maximum absolute atomic E-state index is 13.7. The number of piperazine rings is 1. The number of carbonyl (C=O) groups excluding carboxylic acids is 2. The van der Waals surface area contributed by atoms with Gasteiger partial charge in [-0.2, -0.15) is 0 Å². The molecule has 0 spiro atoms. The fourth-order valence-electron chi connectivity index (χ4n) is 3.11. The first-order valence-electron chi connectivity index (χ1n) is 7.04. The molecule has 0 radical (unpaired) electrons. The van der Waals surface area contributed by atoms with E-state index in [0.29, 0.717) is 13.0 Å². The van der Waals surface area contributed by atoms with Gasteiger partial charge in [-0.1, -0.05) is 0 Å². The average molecular weight is 294 g/mol. The normalized spacial score (nSPS) is 25.5. The molecule has 2 aliphatic heterocycles. The molecule has 2 amide bonds. The third-order valence-electron chi connectivity index (χ3n) is 4.28. The Morgan fingerprint density at radius 2 is 2.00 bits per heavy atom. The number of rotatable bonds is 2. The molecule has 4 nitrogen and oxygen atoms in total. The summed E-state index contributed by atoms with van der Waals surface area (Å²) in [6.07, 6.45) is 1.44. The highest BCUT2D eigenvalue weighted by Gasteiger charge is 2.45. The monoisotopic (exact) mass is 294 g/mol. The van der Waals surface area contributed by atoms with Crippen LogP contribution in [0.3, 0.4) is 0 Å². The minimum Gasteiger partial charge on any atom is -0.329 e. The Labute approximate surface area is 121 Å². The maximum Gasteiger partial charge on any atom is 0.246 e. The molecule has 0 unspecified atom stereocenters. The second kappa shape index (κ2) is 5.09. The summed E-state index contributed by atoms with van der Waals surface area (Å²) in [6, 6.07) is 2.05. The van der Waals surface area contributed by atoms with E-state index in [0.717, 1.165) is 24.6 Å². The molecule has 6 heteroatoms. The number of nitrogens with zero attached hydrogens (tertiary/aromatic N) is 2. The molecule has 1 aromatic carbocycles. The van der Waals surface area contributed by atoms with Gasteiger partial charge in [0.15, 0.2) is 0 Å². The van der Waals surface area contributed by atoms with Crippen LogP contribution in [-0.4, -0.2) is 40.2 Å². The van der Waals surface area contributed by atoms with Crippen molar-refractivity contribution >= 4 is 11.8 Å². The highest BCUT2D eigenvalue weighted by molar-refractivity contribution is 5.97. The molecule has 0 N–H and O–H groups in total. The predicted octanol–water partition coefficient (Wildman–Crippen LogP) is 1.69. The molecule has 0 saturated carbocycles. The third kappa shape index (κ3) is 2.28. The fourth-order valence-corrected chi connectivity index (χ4v) is 3.11. The van der Waals surface area contributed by atoms with E-state index < -0.39 is 23.7 Å². The molecular weight excluding hydrogens is 278 g/mol. The average Bonchev–Trinajstić information content (AvgIpc) is 2.94. The zero-order valence-electron chi connectivity index (χ0n) is 11.7. The van der Waals surface area contributed by atoms with E-state index >= 15 is 0 Å². The van der Waals surface area contributed by atoms with E-state index in [9.17, 15) is 18.4 Å². The number of fused-ring (bicyclic) bond motifs is 1. The van der Waals surface area contributed by atoms with Crippen LogP contribution in [0.5, 0.6) is 0 Å². The summed E-state index contributed by atoms with van der Waals surface area (Å²) in [5.41, 5.74) is 0.0921. The Morgan fingerprint density at radius 3 is 2.76 bits per heavy atom. The highest BCUT2D eigenvalue weighted by Crippen LogP contribution is 2.28. The number of amides is 2. The summed E-state index contributed by atoms with van der Waals surface area (Å²) in [7, 11) is 0. The molecule has 2 aliphatic rings. The topological polar surface area (TPSA) is 40.6 Å². The molecule has 112 valence electrons. The van der Waals surface area contributed by atoms with E-state index in [-0.39, 0.29) is 23.9 Å². The summed E-state index contributed by atoms with van der Waals surface area (Å²) in [4.78, 5) is 27.7. The van der Waals surface area contributed by atoms with Crippen LogP contribution in [0.4, 0.5) is 8.78 Å². The lowest BCUT2D eigenvalue weighted by atomic mass is 10.0. The minimum absolute atomic E-state index is 0.0837. The van der Waals surface area contributed by atoms with E-state index in [2.05, 4.69) is 0 Å². The van der Waals surface area contributed by atoms with E-state index in [1.54, 1.807) is 11.8 Å².